The van der Waals surface area contributed by atoms with Gasteiger partial charge in [-0.2, -0.15) is 0 Å². The van der Waals surface area contributed by atoms with Crippen molar-refractivity contribution in [1.82, 2.24) is 0 Å². The average Bonchev–Trinajstić information content (AvgIpc) is 2.62. The van der Waals surface area contributed by atoms with Gasteiger partial charge >= 0.3 is 11.9 Å². The van der Waals surface area contributed by atoms with Gasteiger partial charge in [0.1, 0.15) is 0 Å². The minimum atomic E-state index is -0.344. The van der Waals surface area contributed by atoms with Gasteiger partial charge < -0.3 is 9.47 Å². The van der Waals surface area contributed by atoms with Crippen LogP contribution in [0.2, 0.25) is 0 Å². The Bertz CT molecular complexity index is 519. The normalized spacial score (nSPS) is 10.3. The molecule has 4 heteroatoms. The smallest absolute Gasteiger partial charge is 0.338 e. The van der Waals surface area contributed by atoms with Crippen molar-refractivity contribution in [3.05, 3.63) is 48.0 Å². The molecule has 0 bridgehead atoms. The highest BCUT2D eigenvalue weighted by Crippen LogP contribution is 2.10. The minimum absolute atomic E-state index is 0.239. The molecule has 1 rings (SSSR count). The molecule has 4 nitrogen and oxygen atoms in total. The SMILES string of the molecule is C=CC(=O)OCCCCCCCCCCOC(=O)c1ccc(C)cc1. The van der Waals surface area contributed by atoms with Gasteiger partial charge in [0.25, 0.3) is 0 Å². The molecule has 0 aliphatic carbocycles. The maximum atomic E-state index is 11.8. The molecule has 0 amide bonds. The van der Waals surface area contributed by atoms with Gasteiger partial charge in [0.15, 0.2) is 0 Å². The summed E-state index contributed by atoms with van der Waals surface area (Å²) in [7, 11) is 0. The third-order valence-corrected chi connectivity index (χ3v) is 3.97. The van der Waals surface area contributed by atoms with Crippen LogP contribution in [-0.2, 0) is 14.3 Å². The monoisotopic (exact) mass is 346 g/mol. The number of hydrogen-bond acceptors (Lipinski definition) is 4. The van der Waals surface area contributed by atoms with Gasteiger partial charge in [0.2, 0.25) is 0 Å². The van der Waals surface area contributed by atoms with Gasteiger partial charge in [-0.15, -0.1) is 0 Å². The highest BCUT2D eigenvalue weighted by Gasteiger charge is 2.05. The fourth-order valence-corrected chi connectivity index (χ4v) is 2.43. The molecule has 1 aromatic carbocycles. The number of carbonyl (C=O) groups excluding carboxylic acids is 2. The van der Waals surface area contributed by atoms with E-state index in [0.29, 0.717) is 18.8 Å². The lowest BCUT2D eigenvalue weighted by Gasteiger charge is -2.05. The molecule has 25 heavy (non-hydrogen) atoms. The highest BCUT2D eigenvalue weighted by molar-refractivity contribution is 5.89. The summed E-state index contributed by atoms with van der Waals surface area (Å²) in [4.78, 5) is 22.7. The van der Waals surface area contributed by atoms with Crippen molar-refractivity contribution in [2.75, 3.05) is 13.2 Å². The number of hydrogen-bond donors (Lipinski definition) is 0. The van der Waals surface area contributed by atoms with Crippen molar-refractivity contribution < 1.29 is 19.1 Å². The summed E-state index contributed by atoms with van der Waals surface area (Å²) >= 11 is 0. The lowest BCUT2D eigenvalue weighted by atomic mass is 10.1. The van der Waals surface area contributed by atoms with E-state index in [0.717, 1.165) is 44.1 Å². The first-order valence-electron chi connectivity index (χ1n) is 9.16. The van der Waals surface area contributed by atoms with Crippen LogP contribution in [0.1, 0.15) is 67.3 Å². The molecule has 0 saturated carbocycles. The van der Waals surface area contributed by atoms with Crippen molar-refractivity contribution in [2.45, 2.75) is 58.3 Å². The predicted octanol–water partition coefficient (Wildman–Crippen LogP) is 5.00. The third-order valence-electron chi connectivity index (χ3n) is 3.97. The molecule has 1 aromatic rings. The third kappa shape index (κ3) is 10.4. The number of rotatable bonds is 13. The van der Waals surface area contributed by atoms with E-state index in [4.69, 9.17) is 9.47 Å². The van der Waals surface area contributed by atoms with Crippen LogP contribution in [0.25, 0.3) is 0 Å². The maximum absolute atomic E-state index is 11.8. The second-order valence-electron chi connectivity index (χ2n) is 6.20. The summed E-state index contributed by atoms with van der Waals surface area (Å²) in [5.74, 6) is -0.583. The average molecular weight is 346 g/mol. The Morgan fingerprint density at radius 1 is 0.840 bits per heavy atom. The summed E-state index contributed by atoms with van der Waals surface area (Å²) in [5, 5.41) is 0. The molecular formula is C21H30O4. The highest BCUT2D eigenvalue weighted by atomic mass is 16.5. The van der Waals surface area contributed by atoms with E-state index < -0.39 is 0 Å². The number of aryl methyl sites for hydroxylation is 1. The molecule has 0 unspecified atom stereocenters. The van der Waals surface area contributed by atoms with E-state index in [1.54, 1.807) is 12.1 Å². The molecule has 0 heterocycles. The second-order valence-corrected chi connectivity index (χ2v) is 6.20. The van der Waals surface area contributed by atoms with Crippen LogP contribution in [0.4, 0.5) is 0 Å². The van der Waals surface area contributed by atoms with Crippen LogP contribution in [0.15, 0.2) is 36.9 Å². The van der Waals surface area contributed by atoms with Crippen molar-refractivity contribution in [2.24, 2.45) is 0 Å². The maximum Gasteiger partial charge on any atom is 0.338 e. The number of carbonyl (C=O) groups is 2. The Kier molecular flexibility index (Phi) is 11.1. The fourth-order valence-electron chi connectivity index (χ4n) is 2.43. The quantitative estimate of drug-likeness (QED) is 0.286. The molecule has 0 aliphatic heterocycles. The van der Waals surface area contributed by atoms with Crippen LogP contribution in [0.3, 0.4) is 0 Å². The Morgan fingerprint density at radius 3 is 1.84 bits per heavy atom. The van der Waals surface area contributed by atoms with E-state index in [-0.39, 0.29) is 11.9 Å². The Hall–Kier alpha value is -2.10. The van der Waals surface area contributed by atoms with E-state index in [2.05, 4.69) is 6.58 Å². The topological polar surface area (TPSA) is 52.6 Å². The van der Waals surface area contributed by atoms with E-state index in [1.807, 2.05) is 19.1 Å². The number of benzene rings is 1. The Balaban J connectivity index is 1.89. The number of ether oxygens (including phenoxy) is 2. The molecule has 0 aromatic heterocycles. The van der Waals surface area contributed by atoms with Gasteiger partial charge in [-0.25, -0.2) is 9.59 Å². The van der Waals surface area contributed by atoms with Crippen molar-refractivity contribution >= 4 is 11.9 Å². The van der Waals surface area contributed by atoms with Crippen LogP contribution in [0, 0.1) is 6.92 Å². The molecule has 0 spiro atoms. The zero-order valence-electron chi connectivity index (χ0n) is 15.3. The summed E-state index contributed by atoms with van der Waals surface area (Å²) < 4.78 is 10.2. The molecule has 0 aliphatic rings. The van der Waals surface area contributed by atoms with E-state index in [9.17, 15) is 9.59 Å². The Labute approximate surface area is 151 Å². The number of unbranched alkanes of at least 4 members (excludes halogenated alkanes) is 7. The summed E-state index contributed by atoms with van der Waals surface area (Å²) in [6.45, 7) is 6.32. The van der Waals surface area contributed by atoms with Gasteiger partial charge in [-0.05, 0) is 31.9 Å². The van der Waals surface area contributed by atoms with Gasteiger partial charge in [-0.3, -0.25) is 0 Å². The molecule has 0 N–H and O–H groups in total. The van der Waals surface area contributed by atoms with Gasteiger partial charge in [0.05, 0.1) is 18.8 Å². The van der Waals surface area contributed by atoms with Crippen molar-refractivity contribution in [3.8, 4) is 0 Å². The van der Waals surface area contributed by atoms with Crippen LogP contribution >= 0.6 is 0 Å². The standard InChI is InChI=1S/C21H30O4/c1-3-20(22)24-16-10-8-6-4-5-7-9-11-17-25-21(23)19-14-12-18(2)13-15-19/h3,12-15H,1,4-11,16-17H2,2H3. The fraction of sp³-hybridized carbons (Fsp3) is 0.524. The predicted molar refractivity (Wildman–Crippen MR) is 99.6 cm³/mol. The first-order chi connectivity index (χ1) is 12.1. The van der Waals surface area contributed by atoms with E-state index in [1.165, 1.54) is 18.9 Å². The van der Waals surface area contributed by atoms with Crippen molar-refractivity contribution in [1.29, 1.82) is 0 Å². The van der Waals surface area contributed by atoms with Crippen LogP contribution in [-0.4, -0.2) is 25.2 Å². The molecule has 0 saturated heterocycles. The molecule has 0 fully saturated rings. The first-order valence-corrected chi connectivity index (χ1v) is 9.16. The zero-order valence-corrected chi connectivity index (χ0v) is 15.3. The lowest BCUT2D eigenvalue weighted by molar-refractivity contribution is -0.137. The first kappa shape index (κ1) is 20.9. The molecule has 0 radical (unpaired) electrons. The van der Waals surface area contributed by atoms with Crippen LogP contribution < -0.4 is 0 Å². The number of esters is 2. The molecular weight excluding hydrogens is 316 g/mol. The lowest BCUT2D eigenvalue weighted by Crippen LogP contribution is -2.06. The summed E-state index contributed by atoms with van der Waals surface area (Å²) in [6, 6.07) is 7.44. The largest absolute Gasteiger partial charge is 0.463 e. The molecule has 0 atom stereocenters. The van der Waals surface area contributed by atoms with Gasteiger partial charge in [0, 0.05) is 6.08 Å². The van der Waals surface area contributed by atoms with Crippen molar-refractivity contribution in [3.63, 3.8) is 0 Å². The van der Waals surface area contributed by atoms with Crippen LogP contribution in [0.5, 0.6) is 0 Å². The van der Waals surface area contributed by atoms with E-state index >= 15 is 0 Å². The Morgan fingerprint density at radius 2 is 1.32 bits per heavy atom. The zero-order chi connectivity index (χ0) is 18.3. The summed E-state index contributed by atoms with van der Waals surface area (Å²) in [5.41, 5.74) is 1.75. The van der Waals surface area contributed by atoms with Gasteiger partial charge in [-0.1, -0.05) is 62.8 Å². The molecule has 138 valence electrons. The summed E-state index contributed by atoms with van der Waals surface area (Å²) in [6.07, 6.45) is 9.89. The second kappa shape index (κ2) is 13.2. The minimum Gasteiger partial charge on any atom is -0.463 e.